The number of benzene rings is 1. The van der Waals surface area contributed by atoms with Crippen LogP contribution in [0.3, 0.4) is 0 Å². The van der Waals surface area contributed by atoms with Crippen molar-refractivity contribution in [3.63, 3.8) is 0 Å². The Hall–Kier alpha value is -1.21. The number of nitrogens with zero attached hydrogens (tertiary/aromatic N) is 1. The molecule has 1 nitrogen and oxygen atoms in total. The van der Waals surface area contributed by atoms with Gasteiger partial charge in [-0.05, 0) is 11.6 Å². The molecule has 0 bridgehead atoms. The predicted molar refractivity (Wildman–Crippen MR) is 59.9 cm³/mol. The van der Waals surface area contributed by atoms with Crippen LogP contribution in [0.2, 0.25) is 0 Å². The maximum absolute atomic E-state index is 5.91. The van der Waals surface area contributed by atoms with Crippen LogP contribution in [-0.4, -0.2) is 11.4 Å². The zero-order chi connectivity index (χ0) is 9.80. The summed E-state index contributed by atoms with van der Waals surface area (Å²) in [6, 6.07) is 10.4. The van der Waals surface area contributed by atoms with Crippen LogP contribution in [0.5, 0.6) is 0 Å². The average molecular weight is 206 g/mol. The van der Waals surface area contributed by atoms with Crippen molar-refractivity contribution in [3.05, 3.63) is 59.3 Å². The van der Waals surface area contributed by atoms with E-state index in [1.165, 1.54) is 5.56 Å². The maximum Gasteiger partial charge on any atom is 0.0562 e. The van der Waals surface area contributed by atoms with E-state index < -0.39 is 0 Å². The van der Waals surface area contributed by atoms with E-state index >= 15 is 0 Å². The number of allylic oxidation sites excluding steroid dienone is 2. The standard InChI is InChI=1S/C12H12ClN/c13-12-7-4-8-14(10-12)9-11-5-2-1-3-6-11/h1-7,10H,8-9H2. The predicted octanol–water partition coefficient (Wildman–Crippen LogP) is 3.14. The molecule has 14 heavy (non-hydrogen) atoms. The van der Waals surface area contributed by atoms with Gasteiger partial charge in [-0.15, -0.1) is 0 Å². The summed E-state index contributed by atoms with van der Waals surface area (Å²) < 4.78 is 0. The van der Waals surface area contributed by atoms with Crippen molar-refractivity contribution in [2.75, 3.05) is 6.54 Å². The topological polar surface area (TPSA) is 3.24 Å². The molecule has 0 amide bonds. The van der Waals surface area contributed by atoms with Crippen molar-refractivity contribution in [2.24, 2.45) is 0 Å². The Kier molecular flexibility index (Phi) is 2.90. The zero-order valence-electron chi connectivity index (χ0n) is 7.86. The molecule has 0 spiro atoms. The molecule has 1 heterocycles. The molecule has 0 saturated heterocycles. The second-order valence-electron chi connectivity index (χ2n) is 3.33. The van der Waals surface area contributed by atoms with Gasteiger partial charge in [-0.3, -0.25) is 0 Å². The fourth-order valence-corrected chi connectivity index (χ4v) is 1.73. The number of halogens is 1. The Morgan fingerprint density at radius 2 is 2.00 bits per heavy atom. The molecule has 0 unspecified atom stereocenters. The highest BCUT2D eigenvalue weighted by molar-refractivity contribution is 6.31. The van der Waals surface area contributed by atoms with Crippen molar-refractivity contribution in [1.82, 2.24) is 4.90 Å². The molecule has 2 heteroatoms. The third-order valence-electron chi connectivity index (χ3n) is 2.15. The van der Waals surface area contributed by atoms with Gasteiger partial charge in [-0.1, -0.05) is 48.0 Å². The minimum Gasteiger partial charge on any atom is -0.368 e. The van der Waals surface area contributed by atoms with Crippen LogP contribution in [0, 0.1) is 0 Å². The summed E-state index contributed by atoms with van der Waals surface area (Å²) in [5.74, 6) is 0. The Labute approximate surface area is 89.3 Å². The second-order valence-corrected chi connectivity index (χ2v) is 3.77. The molecule has 0 radical (unpaired) electrons. The summed E-state index contributed by atoms with van der Waals surface area (Å²) >= 11 is 5.91. The van der Waals surface area contributed by atoms with Crippen molar-refractivity contribution >= 4 is 11.6 Å². The normalized spacial score (nSPS) is 15.5. The van der Waals surface area contributed by atoms with Gasteiger partial charge in [0.25, 0.3) is 0 Å². The van der Waals surface area contributed by atoms with Crippen molar-refractivity contribution in [1.29, 1.82) is 0 Å². The minimum atomic E-state index is 0.798. The molecular formula is C12H12ClN. The fourth-order valence-electron chi connectivity index (χ4n) is 1.50. The van der Waals surface area contributed by atoms with Gasteiger partial charge in [-0.25, -0.2) is 0 Å². The Balaban J connectivity index is 2.03. The van der Waals surface area contributed by atoms with Gasteiger partial charge in [0.2, 0.25) is 0 Å². The average Bonchev–Trinajstić information content (AvgIpc) is 2.19. The molecule has 0 atom stereocenters. The van der Waals surface area contributed by atoms with Crippen LogP contribution >= 0.6 is 11.6 Å². The quantitative estimate of drug-likeness (QED) is 0.717. The van der Waals surface area contributed by atoms with Crippen molar-refractivity contribution in [2.45, 2.75) is 6.54 Å². The first-order chi connectivity index (χ1) is 6.84. The molecule has 1 aromatic rings. The summed E-state index contributed by atoms with van der Waals surface area (Å²) in [4.78, 5) is 2.19. The van der Waals surface area contributed by atoms with Gasteiger partial charge >= 0.3 is 0 Å². The molecule has 72 valence electrons. The zero-order valence-corrected chi connectivity index (χ0v) is 8.61. The number of hydrogen-bond acceptors (Lipinski definition) is 1. The van der Waals surface area contributed by atoms with Gasteiger partial charge in [0, 0.05) is 19.3 Å². The third kappa shape index (κ3) is 2.39. The first-order valence-electron chi connectivity index (χ1n) is 4.66. The van der Waals surface area contributed by atoms with Gasteiger partial charge in [0.15, 0.2) is 0 Å². The first-order valence-corrected chi connectivity index (χ1v) is 5.04. The van der Waals surface area contributed by atoms with Crippen LogP contribution in [0.15, 0.2) is 53.7 Å². The minimum absolute atomic E-state index is 0.798. The second kappa shape index (κ2) is 4.34. The fraction of sp³-hybridized carbons (Fsp3) is 0.167. The molecule has 1 aromatic carbocycles. The summed E-state index contributed by atoms with van der Waals surface area (Å²) in [5, 5.41) is 0.798. The van der Waals surface area contributed by atoms with Crippen LogP contribution in [0.1, 0.15) is 5.56 Å². The lowest BCUT2D eigenvalue weighted by Gasteiger charge is -2.21. The lowest BCUT2D eigenvalue weighted by molar-refractivity contribution is 0.404. The molecule has 0 aromatic heterocycles. The number of hydrogen-bond donors (Lipinski definition) is 0. The summed E-state index contributed by atoms with van der Waals surface area (Å²) in [6.45, 7) is 1.85. The monoisotopic (exact) mass is 205 g/mol. The van der Waals surface area contributed by atoms with E-state index in [9.17, 15) is 0 Å². The lowest BCUT2D eigenvalue weighted by Crippen LogP contribution is -2.18. The highest BCUT2D eigenvalue weighted by atomic mass is 35.5. The van der Waals surface area contributed by atoms with E-state index in [-0.39, 0.29) is 0 Å². The molecule has 1 aliphatic rings. The highest BCUT2D eigenvalue weighted by Crippen LogP contribution is 2.13. The molecule has 2 rings (SSSR count). The van der Waals surface area contributed by atoms with E-state index in [0.717, 1.165) is 18.1 Å². The Bertz CT molecular complexity index is 354. The summed E-state index contributed by atoms with van der Waals surface area (Å²) in [7, 11) is 0. The van der Waals surface area contributed by atoms with E-state index in [1.54, 1.807) is 0 Å². The van der Waals surface area contributed by atoms with Crippen LogP contribution in [0.25, 0.3) is 0 Å². The SMILES string of the molecule is ClC1=CN(Cc2ccccc2)CC=C1. The molecular weight excluding hydrogens is 194 g/mol. The van der Waals surface area contributed by atoms with Crippen LogP contribution in [0.4, 0.5) is 0 Å². The molecule has 0 aliphatic carbocycles. The van der Waals surface area contributed by atoms with Crippen LogP contribution in [-0.2, 0) is 6.54 Å². The Morgan fingerprint density at radius 1 is 1.21 bits per heavy atom. The van der Waals surface area contributed by atoms with E-state index in [4.69, 9.17) is 11.6 Å². The number of rotatable bonds is 2. The Morgan fingerprint density at radius 3 is 2.71 bits per heavy atom. The van der Waals surface area contributed by atoms with Crippen molar-refractivity contribution in [3.8, 4) is 0 Å². The van der Waals surface area contributed by atoms with Gasteiger partial charge in [0.05, 0.1) is 5.03 Å². The first kappa shape index (κ1) is 9.35. The van der Waals surface area contributed by atoms with Crippen molar-refractivity contribution < 1.29 is 0 Å². The summed E-state index contributed by atoms with van der Waals surface area (Å²) in [6.07, 6.45) is 5.99. The van der Waals surface area contributed by atoms with Crippen LogP contribution < -0.4 is 0 Å². The van der Waals surface area contributed by atoms with Gasteiger partial charge in [-0.2, -0.15) is 0 Å². The maximum atomic E-state index is 5.91. The molecule has 0 fully saturated rings. The van der Waals surface area contributed by atoms with Gasteiger partial charge in [0.1, 0.15) is 0 Å². The largest absolute Gasteiger partial charge is 0.368 e. The molecule has 0 N–H and O–H groups in total. The smallest absolute Gasteiger partial charge is 0.0562 e. The lowest BCUT2D eigenvalue weighted by atomic mass is 10.2. The van der Waals surface area contributed by atoms with Gasteiger partial charge < -0.3 is 4.90 Å². The summed E-state index contributed by atoms with van der Waals surface area (Å²) in [5.41, 5.74) is 1.31. The molecule has 0 saturated carbocycles. The van der Waals surface area contributed by atoms with E-state index in [1.807, 2.05) is 18.3 Å². The highest BCUT2D eigenvalue weighted by Gasteiger charge is 2.03. The molecule has 1 aliphatic heterocycles. The van der Waals surface area contributed by atoms with E-state index in [2.05, 4.69) is 35.2 Å². The third-order valence-corrected chi connectivity index (χ3v) is 2.37. The van der Waals surface area contributed by atoms with E-state index in [0.29, 0.717) is 0 Å².